The summed E-state index contributed by atoms with van der Waals surface area (Å²) in [5.74, 6) is 0.472. The molecular formula is C21H26N2O4. The molecule has 0 radical (unpaired) electrons. The number of para-hydroxylation sites is 1. The molecule has 27 heavy (non-hydrogen) atoms. The van der Waals surface area contributed by atoms with Crippen molar-refractivity contribution in [2.75, 3.05) is 19.0 Å². The highest BCUT2D eigenvalue weighted by Crippen LogP contribution is 2.27. The predicted octanol–water partition coefficient (Wildman–Crippen LogP) is 3.55. The maximum Gasteiger partial charge on any atom is 0.262 e. The third kappa shape index (κ3) is 5.74. The number of rotatable bonds is 8. The Bertz CT molecular complexity index is 805. The summed E-state index contributed by atoms with van der Waals surface area (Å²) in [5, 5.41) is 5.64. The van der Waals surface area contributed by atoms with Crippen molar-refractivity contribution in [3.8, 4) is 11.5 Å². The summed E-state index contributed by atoms with van der Waals surface area (Å²) in [7, 11) is 1.55. The van der Waals surface area contributed by atoms with Crippen LogP contribution >= 0.6 is 0 Å². The van der Waals surface area contributed by atoms with Crippen molar-refractivity contribution < 1.29 is 19.1 Å². The SMILES string of the molecule is CCC(C)NC(=O)c1ccccc1NC(=O)COc1ccc(C)cc1OC. The van der Waals surface area contributed by atoms with Gasteiger partial charge in [-0.1, -0.05) is 25.1 Å². The Hall–Kier alpha value is -3.02. The lowest BCUT2D eigenvalue weighted by Gasteiger charge is -2.15. The summed E-state index contributed by atoms with van der Waals surface area (Å²) < 4.78 is 10.8. The van der Waals surface area contributed by atoms with Crippen LogP contribution in [-0.2, 0) is 4.79 Å². The molecule has 2 aromatic carbocycles. The monoisotopic (exact) mass is 370 g/mol. The molecular weight excluding hydrogens is 344 g/mol. The molecule has 0 saturated heterocycles. The first-order valence-electron chi connectivity index (χ1n) is 8.91. The molecule has 0 bridgehead atoms. The number of hydrogen-bond acceptors (Lipinski definition) is 4. The van der Waals surface area contributed by atoms with E-state index in [4.69, 9.17) is 9.47 Å². The molecule has 0 saturated carbocycles. The third-order valence-electron chi connectivity index (χ3n) is 4.11. The maximum atomic E-state index is 12.4. The zero-order valence-corrected chi connectivity index (χ0v) is 16.2. The lowest BCUT2D eigenvalue weighted by Crippen LogP contribution is -2.33. The molecule has 6 heteroatoms. The van der Waals surface area contributed by atoms with Gasteiger partial charge >= 0.3 is 0 Å². The van der Waals surface area contributed by atoms with E-state index in [-0.39, 0.29) is 24.5 Å². The van der Waals surface area contributed by atoms with Gasteiger partial charge in [-0.15, -0.1) is 0 Å². The zero-order chi connectivity index (χ0) is 19.8. The second-order valence-corrected chi connectivity index (χ2v) is 6.32. The first-order chi connectivity index (χ1) is 12.9. The minimum absolute atomic E-state index is 0.0543. The molecule has 2 N–H and O–H groups in total. The Kier molecular flexibility index (Phi) is 7.23. The van der Waals surface area contributed by atoms with E-state index in [2.05, 4.69) is 10.6 Å². The highest BCUT2D eigenvalue weighted by Gasteiger charge is 2.15. The second-order valence-electron chi connectivity index (χ2n) is 6.32. The highest BCUT2D eigenvalue weighted by atomic mass is 16.5. The molecule has 2 rings (SSSR count). The first kappa shape index (κ1) is 20.3. The molecule has 144 valence electrons. The molecule has 0 spiro atoms. The standard InChI is InChI=1S/C21H26N2O4/c1-5-15(3)22-21(25)16-8-6-7-9-17(16)23-20(24)13-27-18-11-10-14(2)12-19(18)26-4/h6-12,15H,5,13H2,1-4H3,(H,22,25)(H,23,24). The van der Waals surface area contributed by atoms with E-state index in [1.807, 2.05) is 32.9 Å². The number of ether oxygens (including phenoxy) is 2. The fraction of sp³-hybridized carbons (Fsp3) is 0.333. The van der Waals surface area contributed by atoms with E-state index in [0.717, 1.165) is 12.0 Å². The van der Waals surface area contributed by atoms with Gasteiger partial charge in [0.05, 0.1) is 18.4 Å². The average molecular weight is 370 g/mol. The number of aryl methyl sites for hydroxylation is 1. The van der Waals surface area contributed by atoms with Crippen LogP contribution in [0.4, 0.5) is 5.69 Å². The Morgan fingerprint density at radius 2 is 1.85 bits per heavy atom. The van der Waals surface area contributed by atoms with Crippen molar-refractivity contribution in [1.82, 2.24) is 5.32 Å². The van der Waals surface area contributed by atoms with E-state index in [1.165, 1.54) is 0 Å². The van der Waals surface area contributed by atoms with Crippen LogP contribution in [0.3, 0.4) is 0 Å². The highest BCUT2D eigenvalue weighted by molar-refractivity contribution is 6.04. The quantitative estimate of drug-likeness (QED) is 0.745. The Morgan fingerprint density at radius 3 is 2.56 bits per heavy atom. The van der Waals surface area contributed by atoms with Crippen LogP contribution in [0, 0.1) is 6.92 Å². The molecule has 0 heterocycles. The maximum absolute atomic E-state index is 12.4. The topological polar surface area (TPSA) is 76.7 Å². The number of carbonyl (C=O) groups is 2. The van der Waals surface area contributed by atoms with Gasteiger partial charge < -0.3 is 20.1 Å². The van der Waals surface area contributed by atoms with Gasteiger partial charge in [0.1, 0.15) is 0 Å². The van der Waals surface area contributed by atoms with Crippen molar-refractivity contribution in [1.29, 1.82) is 0 Å². The number of anilines is 1. The van der Waals surface area contributed by atoms with Gasteiger partial charge in [-0.2, -0.15) is 0 Å². The zero-order valence-electron chi connectivity index (χ0n) is 16.2. The van der Waals surface area contributed by atoms with Crippen LogP contribution in [-0.4, -0.2) is 31.6 Å². The van der Waals surface area contributed by atoms with Crippen LogP contribution in [0.2, 0.25) is 0 Å². The first-order valence-corrected chi connectivity index (χ1v) is 8.91. The van der Waals surface area contributed by atoms with Crippen LogP contribution in [0.5, 0.6) is 11.5 Å². The molecule has 0 aliphatic rings. The fourth-order valence-electron chi connectivity index (χ4n) is 2.42. The molecule has 0 fully saturated rings. The van der Waals surface area contributed by atoms with E-state index in [1.54, 1.807) is 37.4 Å². The average Bonchev–Trinajstić information content (AvgIpc) is 2.67. The van der Waals surface area contributed by atoms with Crippen LogP contribution < -0.4 is 20.1 Å². The number of amides is 2. The van der Waals surface area contributed by atoms with Gasteiger partial charge in [0.25, 0.3) is 11.8 Å². The second kappa shape index (κ2) is 9.62. The number of methoxy groups -OCH3 is 1. The largest absolute Gasteiger partial charge is 0.493 e. The van der Waals surface area contributed by atoms with Gasteiger partial charge in [0.15, 0.2) is 18.1 Å². The number of benzene rings is 2. The lowest BCUT2D eigenvalue weighted by atomic mass is 10.1. The van der Waals surface area contributed by atoms with Gasteiger partial charge in [-0.3, -0.25) is 9.59 Å². The number of carbonyl (C=O) groups excluding carboxylic acids is 2. The molecule has 1 unspecified atom stereocenters. The van der Waals surface area contributed by atoms with Gasteiger partial charge in [-0.05, 0) is 50.1 Å². The summed E-state index contributed by atoms with van der Waals surface area (Å²) in [5.41, 5.74) is 1.90. The summed E-state index contributed by atoms with van der Waals surface area (Å²) in [4.78, 5) is 24.7. The molecule has 0 aliphatic carbocycles. The van der Waals surface area contributed by atoms with Crippen LogP contribution in [0.1, 0.15) is 36.2 Å². The van der Waals surface area contributed by atoms with E-state index in [0.29, 0.717) is 22.7 Å². The molecule has 1 atom stereocenters. The Labute approximate surface area is 159 Å². The smallest absolute Gasteiger partial charge is 0.262 e. The van der Waals surface area contributed by atoms with Crippen molar-refractivity contribution in [3.05, 3.63) is 53.6 Å². The van der Waals surface area contributed by atoms with Crippen molar-refractivity contribution in [2.24, 2.45) is 0 Å². The summed E-state index contributed by atoms with van der Waals surface area (Å²) >= 11 is 0. The molecule has 0 aliphatic heterocycles. The molecule has 2 aromatic rings. The fourth-order valence-corrected chi connectivity index (χ4v) is 2.42. The summed E-state index contributed by atoms with van der Waals surface area (Å²) in [6, 6.07) is 12.4. The minimum Gasteiger partial charge on any atom is -0.493 e. The van der Waals surface area contributed by atoms with Crippen molar-refractivity contribution in [3.63, 3.8) is 0 Å². The van der Waals surface area contributed by atoms with Crippen LogP contribution in [0.15, 0.2) is 42.5 Å². The Balaban J connectivity index is 2.03. The van der Waals surface area contributed by atoms with Gasteiger partial charge in [-0.25, -0.2) is 0 Å². The summed E-state index contributed by atoms with van der Waals surface area (Å²) in [6.45, 7) is 5.68. The van der Waals surface area contributed by atoms with E-state index < -0.39 is 0 Å². The van der Waals surface area contributed by atoms with Crippen molar-refractivity contribution in [2.45, 2.75) is 33.2 Å². The van der Waals surface area contributed by atoms with Crippen molar-refractivity contribution >= 4 is 17.5 Å². The predicted molar refractivity (Wildman–Crippen MR) is 106 cm³/mol. The lowest BCUT2D eigenvalue weighted by molar-refractivity contribution is -0.118. The van der Waals surface area contributed by atoms with E-state index >= 15 is 0 Å². The number of hydrogen-bond donors (Lipinski definition) is 2. The third-order valence-corrected chi connectivity index (χ3v) is 4.11. The van der Waals surface area contributed by atoms with Gasteiger partial charge in [0.2, 0.25) is 0 Å². The van der Waals surface area contributed by atoms with Gasteiger partial charge in [0, 0.05) is 6.04 Å². The van der Waals surface area contributed by atoms with Crippen LogP contribution in [0.25, 0.3) is 0 Å². The molecule has 0 aromatic heterocycles. The summed E-state index contributed by atoms with van der Waals surface area (Å²) in [6.07, 6.45) is 0.826. The minimum atomic E-state index is -0.360. The normalized spacial score (nSPS) is 11.4. The number of nitrogens with one attached hydrogen (secondary N) is 2. The Morgan fingerprint density at radius 1 is 1.11 bits per heavy atom. The molecule has 2 amide bonds. The molecule has 6 nitrogen and oxygen atoms in total. The van der Waals surface area contributed by atoms with E-state index in [9.17, 15) is 9.59 Å².